The number of nitrogens with one attached hydrogen (secondary N) is 1. The molecular formula is C12H14N2. The minimum atomic E-state index is 0.698. The first-order valence-corrected chi connectivity index (χ1v) is 4.52. The summed E-state index contributed by atoms with van der Waals surface area (Å²) < 4.78 is 0. The fourth-order valence-corrected chi connectivity index (χ4v) is 1.18. The summed E-state index contributed by atoms with van der Waals surface area (Å²) in [7, 11) is 0. The molecule has 14 heavy (non-hydrogen) atoms. The maximum Gasteiger partial charge on any atom is 0.0991 e. The molecule has 0 radical (unpaired) electrons. The van der Waals surface area contributed by atoms with E-state index < -0.39 is 0 Å². The summed E-state index contributed by atoms with van der Waals surface area (Å²) >= 11 is 0. The van der Waals surface area contributed by atoms with Gasteiger partial charge in [-0.05, 0) is 37.6 Å². The van der Waals surface area contributed by atoms with Crippen molar-refractivity contribution in [1.29, 1.82) is 5.26 Å². The molecule has 0 aromatic heterocycles. The van der Waals surface area contributed by atoms with Crippen molar-refractivity contribution in [2.45, 2.75) is 13.8 Å². The van der Waals surface area contributed by atoms with Gasteiger partial charge in [0.2, 0.25) is 0 Å². The molecule has 0 heterocycles. The number of anilines is 1. The predicted octanol–water partition coefficient (Wildman–Crippen LogP) is 2.85. The van der Waals surface area contributed by atoms with Crippen LogP contribution in [0, 0.1) is 18.3 Å². The Hall–Kier alpha value is -1.75. The highest BCUT2D eigenvalue weighted by molar-refractivity contribution is 5.54. The van der Waals surface area contributed by atoms with Gasteiger partial charge in [0, 0.05) is 12.2 Å². The average Bonchev–Trinajstić information content (AvgIpc) is 2.15. The number of rotatable bonds is 3. The van der Waals surface area contributed by atoms with Crippen LogP contribution >= 0.6 is 0 Å². The first-order valence-electron chi connectivity index (χ1n) is 4.52. The molecule has 0 aliphatic carbocycles. The molecule has 2 nitrogen and oxygen atoms in total. The van der Waals surface area contributed by atoms with Crippen LogP contribution in [0.5, 0.6) is 0 Å². The normalized spacial score (nSPS) is 9.21. The molecule has 0 spiro atoms. The van der Waals surface area contributed by atoms with Crippen LogP contribution in [0.15, 0.2) is 30.4 Å². The standard InChI is InChI=1S/C12H14N2/c1-9(2)8-14-12-5-4-11(7-13)6-10(12)3/h4-6,14H,1,8H2,2-3H3. The molecule has 72 valence electrons. The minimum Gasteiger partial charge on any atom is -0.381 e. The van der Waals surface area contributed by atoms with Crippen molar-refractivity contribution in [2.75, 3.05) is 11.9 Å². The molecule has 0 bridgehead atoms. The Morgan fingerprint density at radius 2 is 2.29 bits per heavy atom. The monoisotopic (exact) mass is 186 g/mol. The molecule has 1 N–H and O–H groups in total. The maximum atomic E-state index is 8.69. The number of aryl methyl sites for hydroxylation is 1. The van der Waals surface area contributed by atoms with Crippen molar-refractivity contribution < 1.29 is 0 Å². The van der Waals surface area contributed by atoms with Gasteiger partial charge in [0.15, 0.2) is 0 Å². The van der Waals surface area contributed by atoms with Crippen LogP contribution in [0.1, 0.15) is 18.1 Å². The van der Waals surface area contributed by atoms with E-state index in [4.69, 9.17) is 5.26 Å². The van der Waals surface area contributed by atoms with E-state index in [1.54, 1.807) is 0 Å². The van der Waals surface area contributed by atoms with E-state index >= 15 is 0 Å². The molecule has 0 unspecified atom stereocenters. The van der Waals surface area contributed by atoms with Crippen molar-refractivity contribution in [2.24, 2.45) is 0 Å². The van der Waals surface area contributed by atoms with Crippen molar-refractivity contribution in [3.05, 3.63) is 41.5 Å². The molecule has 1 rings (SSSR count). The smallest absolute Gasteiger partial charge is 0.0991 e. The van der Waals surface area contributed by atoms with Gasteiger partial charge in [-0.2, -0.15) is 5.26 Å². The second-order valence-electron chi connectivity index (χ2n) is 3.45. The van der Waals surface area contributed by atoms with Gasteiger partial charge in [0.25, 0.3) is 0 Å². The lowest BCUT2D eigenvalue weighted by molar-refractivity contribution is 1.20. The fraction of sp³-hybridized carbons (Fsp3) is 0.250. The highest BCUT2D eigenvalue weighted by Gasteiger charge is 1.98. The van der Waals surface area contributed by atoms with Gasteiger partial charge >= 0.3 is 0 Å². The van der Waals surface area contributed by atoms with Crippen molar-refractivity contribution in [3.63, 3.8) is 0 Å². The summed E-state index contributed by atoms with van der Waals surface area (Å²) in [6, 6.07) is 7.73. The molecule has 2 heteroatoms. The van der Waals surface area contributed by atoms with Crippen molar-refractivity contribution in [3.8, 4) is 6.07 Å². The van der Waals surface area contributed by atoms with E-state index in [9.17, 15) is 0 Å². The van der Waals surface area contributed by atoms with Crippen LogP contribution in [0.25, 0.3) is 0 Å². The van der Waals surface area contributed by atoms with E-state index in [0.717, 1.165) is 23.4 Å². The third kappa shape index (κ3) is 2.63. The van der Waals surface area contributed by atoms with Crippen LogP contribution in [0.4, 0.5) is 5.69 Å². The Kier molecular flexibility index (Phi) is 3.30. The second kappa shape index (κ2) is 4.48. The third-order valence-corrected chi connectivity index (χ3v) is 1.94. The molecule has 1 aromatic rings. The van der Waals surface area contributed by atoms with Crippen LogP contribution in [0.3, 0.4) is 0 Å². The number of nitriles is 1. The van der Waals surface area contributed by atoms with Crippen LogP contribution in [0.2, 0.25) is 0 Å². The lowest BCUT2D eigenvalue weighted by atomic mass is 10.1. The van der Waals surface area contributed by atoms with Crippen LogP contribution < -0.4 is 5.32 Å². The molecule has 0 atom stereocenters. The van der Waals surface area contributed by atoms with Crippen LogP contribution in [-0.2, 0) is 0 Å². The predicted molar refractivity (Wildman–Crippen MR) is 59.2 cm³/mol. The molecule has 1 aromatic carbocycles. The molecule has 0 aliphatic heterocycles. The maximum absolute atomic E-state index is 8.69. The van der Waals surface area contributed by atoms with E-state index in [-0.39, 0.29) is 0 Å². The fourth-order valence-electron chi connectivity index (χ4n) is 1.18. The summed E-state index contributed by atoms with van der Waals surface area (Å²) in [5, 5.41) is 11.9. The SMILES string of the molecule is C=C(C)CNc1ccc(C#N)cc1C. The largest absolute Gasteiger partial charge is 0.381 e. The van der Waals surface area contributed by atoms with Gasteiger partial charge in [-0.15, -0.1) is 0 Å². The second-order valence-corrected chi connectivity index (χ2v) is 3.45. The number of nitrogens with zero attached hydrogens (tertiary/aromatic N) is 1. The van der Waals surface area contributed by atoms with Gasteiger partial charge in [0.05, 0.1) is 11.6 Å². The van der Waals surface area contributed by atoms with E-state index in [1.165, 1.54) is 0 Å². The number of hydrogen-bond acceptors (Lipinski definition) is 2. The van der Waals surface area contributed by atoms with Gasteiger partial charge in [-0.3, -0.25) is 0 Å². The van der Waals surface area contributed by atoms with Gasteiger partial charge in [0.1, 0.15) is 0 Å². The Morgan fingerprint density at radius 1 is 1.57 bits per heavy atom. The van der Waals surface area contributed by atoms with Crippen molar-refractivity contribution >= 4 is 5.69 Å². The average molecular weight is 186 g/mol. The lowest BCUT2D eigenvalue weighted by Crippen LogP contribution is -2.03. The first kappa shape index (κ1) is 10.3. The van der Waals surface area contributed by atoms with E-state index in [0.29, 0.717) is 5.56 Å². The minimum absolute atomic E-state index is 0.698. The number of benzene rings is 1. The topological polar surface area (TPSA) is 35.8 Å². The summed E-state index contributed by atoms with van der Waals surface area (Å²) in [6.07, 6.45) is 0. The molecule has 0 fully saturated rings. The third-order valence-electron chi connectivity index (χ3n) is 1.94. The van der Waals surface area contributed by atoms with Crippen molar-refractivity contribution in [1.82, 2.24) is 0 Å². The van der Waals surface area contributed by atoms with Gasteiger partial charge in [-0.25, -0.2) is 0 Å². The molecule has 0 saturated heterocycles. The summed E-state index contributed by atoms with van der Waals surface area (Å²) in [6.45, 7) is 8.56. The Labute approximate surface area is 84.9 Å². The molecule has 0 saturated carbocycles. The zero-order chi connectivity index (χ0) is 10.6. The van der Waals surface area contributed by atoms with Crippen LogP contribution in [-0.4, -0.2) is 6.54 Å². The lowest BCUT2D eigenvalue weighted by Gasteiger charge is -2.09. The summed E-state index contributed by atoms with van der Waals surface area (Å²) in [5.74, 6) is 0. The highest BCUT2D eigenvalue weighted by atomic mass is 14.9. The van der Waals surface area contributed by atoms with E-state index in [2.05, 4.69) is 18.0 Å². The zero-order valence-corrected chi connectivity index (χ0v) is 8.59. The number of hydrogen-bond donors (Lipinski definition) is 1. The first-order chi connectivity index (χ1) is 6.63. The Bertz CT molecular complexity index is 386. The zero-order valence-electron chi connectivity index (χ0n) is 8.59. The molecular weight excluding hydrogens is 172 g/mol. The summed E-state index contributed by atoms with van der Waals surface area (Å²) in [4.78, 5) is 0. The molecule has 0 aliphatic rings. The highest BCUT2D eigenvalue weighted by Crippen LogP contribution is 2.16. The quantitative estimate of drug-likeness (QED) is 0.737. The van der Waals surface area contributed by atoms with Gasteiger partial charge in [-0.1, -0.05) is 12.2 Å². The van der Waals surface area contributed by atoms with E-state index in [1.807, 2.05) is 32.0 Å². The van der Waals surface area contributed by atoms with Gasteiger partial charge < -0.3 is 5.32 Å². The Morgan fingerprint density at radius 3 is 2.79 bits per heavy atom. The molecule has 0 amide bonds. The summed E-state index contributed by atoms with van der Waals surface area (Å²) in [5.41, 5.74) is 3.94. The Balaban J connectivity index is 2.80.